The summed E-state index contributed by atoms with van der Waals surface area (Å²) in [5, 5.41) is 9.21. The van der Waals surface area contributed by atoms with Crippen molar-refractivity contribution < 1.29 is 4.74 Å². The maximum Gasteiger partial charge on any atom is 0.136 e. The second kappa shape index (κ2) is 6.66. The highest BCUT2D eigenvalue weighted by atomic mass is 16.5. The summed E-state index contributed by atoms with van der Waals surface area (Å²) in [6.07, 6.45) is 6.74. The molecule has 1 saturated carbocycles. The van der Waals surface area contributed by atoms with Gasteiger partial charge in [0, 0.05) is 0 Å². The summed E-state index contributed by atoms with van der Waals surface area (Å²) in [6, 6.07) is 16.8. The third kappa shape index (κ3) is 2.99. The van der Waals surface area contributed by atoms with Gasteiger partial charge in [0.2, 0.25) is 0 Å². The van der Waals surface area contributed by atoms with Crippen molar-refractivity contribution in [3.05, 3.63) is 53.6 Å². The lowest BCUT2D eigenvalue weighted by Gasteiger charge is -2.22. The molecule has 22 heavy (non-hydrogen) atoms. The van der Waals surface area contributed by atoms with Crippen LogP contribution in [-0.2, 0) is 0 Å². The molecule has 0 saturated heterocycles. The second-order valence-electron chi connectivity index (χ2n) is 5.98. The van der Waals surface area contributed by atoms with Gasteiger partial charge in [-0.2, -0.15) is 5.26 Å². The molecule has 1 fully saturated rings. The molecule has 2 heteroatoms. The van der Waals surface area contributed by atoms with Crippen LogP contribution in [0.5, 0.6) is 5.75 Å². The van der Waals surface area contributed by atoms with Crippen LogP contribution in [0.25, 0.3) is 11.1 Å². The van der Waals surface area contributed by atoms with Gasteiger partial charge < -0.3 is 4.74 Å². The monoisotopic (exact) mass is 291 g/mol. The molecule has 1 aliphatic carbocycles. The molecule has 2 aromatic rings. The number of rotatable bonds is 3. The Hall–Kier alpha value is -2.27. The molecule has 0 amide bonds. The number of nitriles is 1. The number of hydrogen-bond acceptors (Lipinski definition) is 2. The third-order valence-corrected chi connectivity index (χ3v) is 4.64. The molecular weight excluding hydrogens is 270 g/mol. The summed E-state index contributed by atoms with van der Waals surface area (Å²) in [7, 11) is 1.59. The zero-order valence-corrected chi connectivity index (χ0v) is 13.0. The first kappa shape index (κ1) is 14.7. The van der Waals surface area contributed by atoms with Crippen molar-refractivity contribution >= 4 is 0 Å². The van der Waals surface area contributed by atoms with Gasteiger partial charge >= 0.3 is 0 Å². The van der Waals surface area contributed by atoms with Crippen LogP contribution in [-0.4, -0.2) is 7.11 Å². The van der Waals surface area contributed by atoms with Crippen molar-refractivity contribution in [3.8, 4) is 22.9 Å². The van der Waals surface area contributed by atoms with Gasteiger partial charge in [-0.3, -0.25) is 0 Å². The normalized spacial score (nSPS) is 15.3. The first-order chi connectivity index (χ1) is 10.8. The highest BCUT2D eigenvalue weighted by molar-refractivity contribution is 5.67. The molecule has 2 aromatic carbocycles. The van der Waals surface area contributed by atoms with Gasteiger partial charge in [0.15, 0.2) is 0 Å². The molecule has 0 radical (unpaired) electrons. The molecule has 1 aliphatic rings. The summed E-state index contributed by atoms with van der Waals surface area (Å²) >= 11 is 0. The van der Waals surface area contributed by atoms with Gasteiger partial charge in [0.05, 0.1) is 12.7 Å². The maximum absolute atomic E-state index is 9.21. The van der Waals surface area contributed by atoms with E-state index in [9.17, 15) is 5.26 Å². The summed E-state index contributed by atoms with van der Waals surface area (Å²) in [5.74, 6) is 1.36. The largest absolute Gasteiger partial charge is 0.495 e. The third-order valence-electron chi connectivity index (χ3n) is 4.64. The van der Waals surface area contributed by atoms with Gasteiger partial charge in [-0.15, -0.1) is 0 Å². The minimum atomic E-state index is 0.580. The number of hydrogen-bond donors (Lipinski definition) is 0. The number of benzene rings is 2. The van der Waals surface area contributed by atoms with Gasteiger partial charge in [-0.1, -0.05) is 49.6 Å². The lowest BCUT2D eigenvalue weighted by molar-refractivity contribution is 0.413. The summed E-state index contributed by atoms with van der Waals surface area (Å²) < 4.78 is 5.20. The van der Waals surface area contributed by atoms with Crippen LogP contribution < -0.4 is 4.74 Å². The molecule has 0 N–H and O–H groups in total. The van der Waals surface area contributed by atoms with E-state index in [1.807, 2.05) is 18.2 Å². The van der Waals surface area contributed by atoms with Crippen molar-refractivity contribution in [1.29, 1.82) is 5.26 Å². The Morgan fingerprint density at radius 1 is 0.955 bits per heavy atom. The maximum atomic E-state index is 9.21. The van der Waals surface area contributed by atoms with E-state index in [0.29, 0.717) is 11.3 Å². The Bertz CT molecular complexity index is 676. The Kier molecular flexibility index (Phi) is 4.44. The molecule has 0 aliphatic heterocycles. The fourth-order valence-electron chi connectivity index (χ4n) is 3.36. The predicted molar refractivity (Wildman–Crippen MR) is 89.0 cm³/mol. The van der Waals surface area contributed by atoms with E-state index in [4.69, 9.17) is 4.74 Å². The first-order valence-corrected chi connectivity index (χ1v) is 8.00. The number of methoxy groups -OCH3 is 1. The number of ether oxygens (including phenoxy) is 1. The molecule has 0 aromatic heterocycles. The minimum absolute atomic E-state index is 0.580. The quantitative estimate of drug-likeness (QED) is 0.770. The van der Waals surface area contributed by atoms with Crippen molar-refractivity contribution in [1.82, 2.24) is 0 Å². The SMILES string of the molecule is COc1ccc(-c2ccc(C3CCCCC3)cc2)cc1C#N. The molecule has 0 unspecified atom stereocenters. The highest BCUT2D eigenvalue weighted by Crippen LogP contribution is 2.34. The van der Waals surface area contributed by atoms with Gasteiger partial charge in [0.1, 0.15) is 11.8 Å². The zero-order valence-electron chi connectivity index (χ0n) is 13.0. The lowest BCUT2D eigenvalue weighted by Crippen LogP contribution is -2.04. The van der Waals surface area contributed by atoms with Crippen molar-refractivity contribution in [2.45, 2.75) is 38.0 Å². The minimum Gasteiger partial charge on any atom is -0.495 e. The molecular formula is C20H21NO. The predicted octanol–water partition coefficient (Wildman–Crippen LogP) is 5.28. The van der Waals surface area contributed by atoms with E-state index in [1.54, 1.807) is 7.11 Å². The Balaban J connectivity index is 1.85. The highest BCUT2D eigenvalue weighted by Gasteiger charge is 2.15. The van der Waals surface area contributed by atoms with Crippen LogP contribution >= 0.6 is 0 Å². The van der Waals surface area contributed by atoms with Crippen LogP contribution in [0.3, 0.4) is 0 Å². The van der Waals surface area contributed by atoms with Gasteiger partial charge in [-0.25, -0.2) is 0 Å². The Labute approximate surface area is 132 Å². The fourth-order valence-corrected chi connectivity index (χ4v) is 3.36. The van der Waals surface area contributed by atoms with E-state index in [0.717, 1.165) is 17.0 Å². The van der Waals surface area contributed by atoms with E-state index in [2.05, 4.69) is 30.3 Å². The molecule has 0 heterocycles. The second-order valence-corrected chi connectivity index (χ2v) is 5.98. The van der Waals surface area contributed by atoms with E-state index in [-0.39, 0.29) is 0 Å². The van der Waals surface area contributed by atoms with Crippen molar-refractivity contribution in [2.75, 3.05) is 7.11 Å². The Morgan fingerprint density at radius 2 is 1.64 bits per heavy atom. The molecule has 112 valence electrons. The smallest absolute Gasteiger partial charge is 0.136 e. The lowest BCUT2D eigenvalue weighted by atomic mass is 9.83. The first-order valence-electron chi connectivity index (χ1n) is 8.00. The van der Waals surface area contributed by atoms with Crippen LogP contribution in [0.2, 0.25) is 0 Å². The molecule has 2 nitrogen and oxygen atoms in total. The topological polar surface area (TPSA) is 33.0 Å². The average molecular weight is 291 g/mol. The standard InChI is InChI=1S/C20H21NO/c1-22-20-12-11-18(13-19(20)14-21)17-9-7-16(8-10-17)15-5-3-2-4-6-15/h7-13,15H,2-6H2,1H3. The van der Waals surface area contributed by atoms with Crippen LogP contribution in [0.1, 0.15) is 49.1 Å². The van der Waals surface area contributed by atoms with Crippen LogP contribution in [0.15, 0.2) is 42.5 Å². The molecule has 3 rings (SSSR count). The summed E-state index contributed by atoms with van der Waals surface area (Å²) in [4.78, 5) is 0. The zero-order chi connectivity index (χ0) is 15.4. The molecule has 0 bridgehead atoms. The van der Waals surface area contributed by atoms with Crippen LogP contribution in [0, 0.1) is 11.3 Å². The van der Waals surface area contributed by atoms with E-state index in [1.165, 1.54) is 37.7 Å². The van der Waals surface area contributed by atoms with Gasteiger partial charge in [0.25, 0.3) is 0 Å². The van der Waals surface area contributed by atoms with Crippen molar-refractivity contribution in [3.63, 3.8) is 0 Å². The molecule has 0 atom stereocenters. The molecule has 0 spiro atoms. The van der Waals surface area contributed by atoms with Gasteiger partial charge in [-0.05, 0) is 47.6 Å². The number of nitrogens with zero attached hydrogens (tertiary/aromatic N) is 1. The fraction of sp³-hybridized carbons (Fsp3) is 0.350. The Morgan fingerprint density at radius 3 is 2.27 bits per heavy atom. The summed E-state index contributed by atoms with van der Waals surface area (Å²) in [5.41, 5.74) is 4.25. The average Bonchev–Trinajstić information content (AvgIpc) is 2.62. The summed E-state index contributed by atoms with van der Waals surface area (Å²) in [6.45, 7) is 0. The van der Waals surface area contributed by atoms with Crippen molar-refractivity contribution in [2.24, 2.45) is 0 Å². The van der Waals surface area contributed by atoms with E-state index >= 15 is 0 Å². The van der Waals surface area contributed by atoms with Crippen LogP contribution in [0.4, 0.5) is 0 Å². The van der Waals surface area contributed by atoms with E-state index < -0.39 is 0 Å².